The van der Waals surface area contributed by atoms with E-state index in [9.17, 15) is 9.90 Å². The summed E-state index contributed by atoms with van der Waals surface area (Å²) in [5.74, 6) is 0.516. The third-order valence-electron chi connectivity index (χ3n) is 2.38. The molecule has 0 aromatic heterocycles. The Balaban J connectivity index is 2.86. The first-order valence-electron chi connectivity index (χ1n) is 4.45. The van der Waals surface area contributed by atoms with Crippen molar-refractivity contribution in [2.45, 2.75) is 33.3 Å². The molecule has 2 nitrogen and oxygen atoms in total. The molecule has 1 rings (SSSR count). The summed E-state index contributed by atoms with van der Waals surface area (Å²) in [5.41, 5.74) is 0.792. The minimum absolute atomic E-state index is 0.0833. The quantitative estimate of drug-likeness (QED) is 0.644. The van der Waals surface area contributed by atoms with Gasteiger partial charge in [-0.25, -0.2) is 0 Å². The zero-order valence-corrected chi connectivity index (χ0v) is 7.87. The number of carbonyl (C=O) groups excluding carboxylic acids is 1. The first-order valence-corrected chi connectivity index (χ1v) is 4.45. The van der Waals surface area contributed by atoms with Gasteiger partial charge in [0.1, 0.15) is 0 Å². The van der Waals surface area contributed by atoms with Crippen LogP contribution in [0.3, 0.4) is 0 Å². The van der Waals surface area contributed by atoms with Gasteiger partial charge >= 0.3 is 0 Å². The molecule has 1 aliphatic rings. The number of allylic oxidation sites excluding steroid dienone is 1. The Labute approximate surface area is 73.3 Å². The van der Waals surface area contributed by atoms with Gasteiger partial charge in [-0.15, -0.1) is 0 Å². The molecule has 0 aromatic rings. The molecule has 1 N–H and O–H groups in total. The van der Waals surface area contributed by atoms with Crippen LogP contribution in [0.5, 0.6) is 0 Å². The molecule has 0 bridgehead atoms. The Morgan fingerprint density at radius 2 is 2.17 bits per heavy atom. The highest BCUT2D eigenvalue weighted by Gasteiger charge is 2.26. The highest BCUT2D eigenvalue weighted by molar-refractivity contribution is 5.96. The monoisotopic (exact) mass is 168 g/mol. The molecule has 1 aliphatic carbocycles. The summed E-state index contributed by atoms with van der Waals surface area (Å²) >= 11 is 0. The lowest BCUT2D eigenvalue weighted by atomic mass is 9.83. The lowest BCUT2D eigenvalue weighted by molar-refractivity contribution is -0.118. The first kappa shape index (κ1) is 9.46. The van der Waals surface area contributed by atoms with Crippen LogP contribution in [0.25, 0.3) is 0 Å². The van der Waals surface area contributed by atoms with Crippen LogP contribution in [0.2, 0.25) is 0 Å². The van der Waals surface area contributed by atoms with Gasteiger partial charge in [0, 0.05) is 6.42 Å². The normalized spacial score (nSPS) is 30.8. The van der Waals surface area contributed by atoms with E-state index < -0.39 is 6.10 Å². The summed E-state index contributed by atoms with van der Waals surface area (Å²) in [4.78, 5) is 11.4. The molecule has 0 spiro atoms. The number of ketones is 1. The highest BCUT2D eigenvalue weighted by Crippen LogP contribution is 2.24. The molecule has 0 radical (unpaired) electrons. The van der Waals surface area contributed by atoms with E-state index in [-0.39, 0.29) is 17.6 Å². The minimum atomic E-state index is -0.430. The zero-order valence-electron chi connectivity index (χ0n) is 7.87. The van der Waals surface area contributed by atoms with Gasteiger partial charge < -0.3 is 5.11 Å². The summed E-state index contributed by atoms with van der Waals surface area (Å²) in [6.45, 7) is 5.86. The van der Waals surface area contributed by atoms with Crippen LogP contribution in [0.1, 0.15) is 27.2 Å². The van der Waals surface area contributed by atoms with E-state index in [0.29, 0.717) is 6.42 Å². The van der Waals surface area contributed by atoms with E-state index in [1.54, 1.807) is 6.08 Å². The molecule has 68 valence electrons. The molecule has 0 amide bonds. The van der Waals surface area contributed by atoms with Gasteiger partial charge in [0.05, 0.1) is 6.10 Å². The predicted molar refractivity (Wildman–Crippen MR) is 47.7 cm³/mol. The number of aliphatic hydroxyl groups excluding tert-OH is 1. The Morgan fingerprint density at radius 1 is 1.58 bits per heavy atom. The van der Waals surface area contributed by atoms with Crippen LogP contribution in [-0.4, -0.2) is 17.0 Å². The number of hydrogen-bond donors (Lipinski definition) is 1. The fourth-order valence-corrected chi connectivity index (χ4v) is 1.49. The highest BCUT2D eigenvalue weighted by atomic mass is 16.3. The molecule has 0 saturated heterocycles. The maximum atomic E-state index is 11.4. The topological polar surface area (TPSA) is 37.3 Å². The van der Waals surface area contributed by atoms with E-state index in [2.05, 4.69) is 0 Å². The van der Waals surface area contributed by atoms with Crippen LogP contribution in [0.15, 0.2) is 11.6 Å². The van der Waals surface area contributed by atoms with Gasteiger partial charge in [-0.2, -0.15) is 0 Å². The average Bonchev–Trinajstić information content (AvgIpc) is 1.96. The van der Waals surface area contributed by atoms with Gasteiger partial charge in [0.25, 0.3) is 0 Å². The predicted octanol–water partition coefficient (Wildman–Crippen LogP) is 1.54. The third kappa shape index (κ3) is 1.75. The van der Waals surface area contributed by atoms with Crippen molar-refractivity contribution in [1.29, 1.82) is 0 Å². The average molecular weight is 168 g/mol. The third-order valence-corrected chi connectivity index (χ3v) is 2.38. The van der Waals surface area contributed by atoms with E-state index in [0.717, 1.165) is 5.57 Å². The summed E-state index contributed by atoms with van der Waals surface area (Å²) < 4.78 is 0. The zero-order chi connectivity index (χ0) is 9.30. The number of carbonyl (C=O) groups is 1. The van der Waals surface area contributed by atoms with Crippen molar-refractivity contribution in [3.05, 3.63) is 11.6 Å². The SMILES string of the molecule is CC(C)C1=C[C@H](O)[C@@H](C)CC1=O. The number of aliphatic hydroxyl groups is 1. The fraction of sp³-hybridized carbons (Fsp3) is 0.700. The summed E-state index contributed by atoms with van der Waals surface area (Å²) in [6, 6.07) is 0. The van der Waals surface area contributed by atoms with Crippen molar-refractivity contribution in [3.63, 3.8) is 0 Å². The molecular weight excluding hydrogens is 152 g/mol. The van der Waals surface area contributed by atoms with E-state index in [1.165, 1.54) is 0 Å². The molecule has 0 unspecified atom stereocenters. The molecule has 0 aromatic carbocycles. The van der Waals surface area contributed by atoms with Crippen molar-refractivity contribution in [2.75, 3.05) is 0 Å². The van der Waals surface area contributed by atoms with E-state index >= 15 is 0 Å². The number of rotatable bonds is 1. The second kappa shape index (κ2) is 3.40. The molecule has 0 saturated carbocycles. The lowest BCUT2D eigenvalue weighted by Crippen LogP contribution is -2.27. The van der Waals surface area contributed by atoms with Crippen LogP contribution in [0.4, 0.5) is 0 Å². The van der Waals surface area contributed by atoms with Crippen LogP contribution < -0.4 is 0 Å². The number of Topliss-reactive ketones (excluding diaryl/α,β-unsaturated/α-hetero) is 1. The maximum Gasteiger partial charge on any atom is 0.159 e. The molecular formula is C10H16O2. The van der Waals surface area contributed by atoms with Gasteiger partial charge in [-0.3, -0.25) is 4.79 Å². The van der Waals surface area contributed by atoms with Crippen molar-refractivity contribution < 1.29 is 9.90 Å². The Kier molecular flexibility index (Phi) is 2.68. The van der Waals surface area contributed by atoms with Crippen molar-refractivity contribution >= 4 is 5.78 Å². The molecule has 0 aliphatic heterocycles. The lowest BCUT2D eigenvalue weighted by Gasteiger charge is -2.24. The van der Waals surface area contributed by atoms with Gasteiger partial charge in [0.15, 0.2) is 5.78 Å². The number of hydrogen-bond acceptors (Lipinski definition) is 2. The molecule has 2 atom stereocenters. The minimum Gasteiger partial charge on any atom is -0.389 e. The van der Waals surface area contributed by atoms with Crippen molar-refractivity contribution in [1.82, 2.24) is 0 Å². The summed E-state index contributed by atoms with van der Waals surface area (Å²) in [6.07, 6.45) is 1.77. The second-order valence-corrected chi connectivity index (χ2v) is 3.87. The van der Waals surface area contributed by atoms with Crippen molar-refractivity contribution in [3.8, 4) is 0 Å². The summed E-state index contributed by atoms with van der Waals surface area (Å²) in [7, 11) is 0. The van der Waals surface area contributed by atoms with Crippen LogP contribution in [0, 0.1) is 11.8 Å². The smallest absolute Gasteiger partial charge is 0.159 e. The Morgan fingerprint density at radius 3 is 2.67 bits per heavy atom. The Bertz CT molecular complexity index is 216. The fourth-order valence-electron chi connectivity index (χ4n) is 1.49. The van der Waals surface area contributed by atoms with Crippen LogP contribution in [-0.2, 0) is 4.79 Å². The van der Waals surface area contributed by atoms with Crippen molar-refractivity contribution in [2.24, 2.45) is 11.8 Å². The molecule has 12 heavy (non-hydrogen) atoms. The summed E-state index contributed by atoms with van der Waals surface area (Å²) in [5, 5.41) is 9.49. The molecule has 0 heterocycles. The van der Waals surface area contributed by atoms with E-state index in [1.807, 2.05) is 20.8 Å². The Hall–Kier alpha value is -0.630. The van der Waals surface area contributed by atoms with Crippen LogP contribution >= 0.6 is 0 Å². The molecule has 2 heteroatoms. The van der Waals surface area contributed by atoms with Gasteiger partial charge in [-0.05, 0) is 23.5 Å². The second-order valence-electron chi connectivity index (χ2n) is 3.87. The standard InChI is InChI=1S/C10H16O2/c1-6(2)8-5-9(11)7(3)4-10(8)12/h5-7,9,11H,4H2,1-3H3/t7-,9-/m0/s1. The van der Waals surface area contributed by atoms with E-state index in [4.69, 9.17) is 0 Å². The van der Waals surface area contributed by atoms with Gasteiger partial charge in [-0.1, -0.05) is 20.8 Å². The van der Waals surface area contributed by atoms with Gasteiger partial charge in [0.2, 0.25) is 0 Å². The largest absolute Gasteiger partial charge is 0.389 e. The molecule has 0 fully saturated rings. The maximum absolute atomic E-state index is 11.4. The first-order chi connectivity index (χ1) is 5.52.